The van der Waals surface area contributed by atoms with Crippen LogP contribution in [0.15, 0.2) is 23.8 Å². The van der Waals surface area contributed by atoms with Gasteiger partial charge in [-0.3, -0.25) is 14.4 Å². The quantitative estimate of drug-likeness (QED) is 0.723. The SMILES string of the molecule is CCSC(=O)N1CCC(CC2=CC(=O)C(c3c(C)cc(C)cc3C)C2=O)C1. The summed E-state index contributed by atoms with van der Waals surface area (Å²) >= 11 is 1.33. The van der Waals surface area contributed by atoms with Gasteiger partial charge in [-0.25, -0.2) is 0 Å². The van der Waals surface area contributed by atoms with E-state index in [-0.39, 0.29) is 22.7 Å². The van der Waals surface area contributed by atoms with Crippen LogP contribution in [0, 0.1) is 26.7 Å². The third-order valence-corrected chi connectivity index (χ3v) is 6.32. The number of carbonyl (C=O) groups excluding carboxylic acids is 3. The second-order valence-electron chi connectivity index (χ2n) is 7.69. The number of allylic oxidation sites excluding steroid dienone is 2. The minimum Gasteiger partial charge on any atom is -0.333 e. The van der Waals surface area contributed by atoms with Crippen molar-refractivity contribution < 1.29 is 14.4 Å². The number of likely N-dealkylation sites (tertiary alicyclic amines) is 1. The van der Waals surface area contributed by atoms with E-state index in [1.54, 1.807) is 6.08 Å². The molecule has 0 spiro atoms. The number of hydrogen-bond acceptors (Lipinski definition) is 4. The van der Waals surface area contributed by atoms with Gasteiger partial charge in [0.25, 0.3) is 5.24 Å². The van der Waals surface area contributed by atoms with E-state index in [0.29, 0.717) is 18.5 Å². The molecule has 1 amide bonds. The largest absolute Gasteiger partial charge is 0.333 e. The number of benzene rings is 1. The zero-order chi connectivity index (χ0) is 19.7. The predicted octanol–water partition coefficient (Wildman–Crippen LogP) is 4.36. The van der Waals surface area contributed by atoms with Crippen LogP contribution in [0.4, 0.5) is 4.79 Å². The first-order valence-electron chi connectivity index (χ1n) is 9.59. The second kappa shape index (κ2) is 8.01. The van der Waals surface area contributed by atoms with Gasteiger partial charge in [0.2, 0.25) is 0 Å². The number of hydrogen-bond donors (Lipinski definition) is 0. The summed E-state index contributed by atoms with van der Waals surface area (Å²) in [4.78, 5) is 39.6. The molecule has 2 atom stereocenters. The Hall–Kier alpha value is -1.88. The molecule has 0 saturated carbocycles. The van der Waals surface area contributed by atoms with Gasteiger partial charge in [-0.1, -0.05) is 36.4 Å². The number of carbonyl (C=O) groups is 3. The van der Waals surface area contributed by atoms with E-state index in [2.05, 4.69) is 0 Å². The summed E-state index contributed by atoms with van der Waals surface area (Å²) in [7, 11) is 0. The van der Waals surface area contributed by atoms with E-state index < -0.39 is 5.92 Å². The lowest BCUT2D eigenvalue weighted by Crippen LogP contribution is -2.25. The smallest absolute Gasteiger partial charge is 0.281 e. The van der Waals surface area contributed by atoms with Crippen molar-refractivity contribution in [2.45, 2.75) is 46.5 Å². The van der Waals surface area contributed by atoms with E-state index >= 15 is 0 Å². The summed E-state index contributed by atoms with van der Waals surface area (Å²) in [6.45, 7) is 9.36. The second-order valence-corrected chi connectivity index (χ2v) is 8.90. The molecule has 0 aromatic heterocycles. The third kappa shape index (κ3) is 4.03. The summed E-state index contributed by atoms with van der Waals surface area (Å²) in [5.41, 5.74) is 4.64. The van der Waals surface area contributed by atoms with Crippen molar-refractivity contribution in [1.29, 1.82) is 0 Å². The topological polar surface area (TPSA) is 54.5 Å². The Morgan fingerprint density at radius 3 is 2.48 bits per heavy atom. The Bertz CT molecular complexity index is 804. The van der Waals surface area contributed by atoms with Crippen molar-refractivity contribution in [3.63, 3.8) is 0 Å². The molecule has 3 rings (SSSR count). The zero-order valence-corrected chi connectivity index (χ0v) is 17.3. The van der Waals surface area contributed by atoms with Crippen molar-refractivity contribution in [2.75, 3.05) is 18.8 Å². The fourth-order valence-electron chi connectivity index (χ4n) is 4.41. The fourth-order valence-corrected chi connectivity index (χ4v) is 5.01. The van der Waals surface area contributed by atoms with Crippen molar-refractivity contribution in [2.24, 2.45) is 5.92 Å². The highest BCUT2D eigenvalue weighted by Gasteiger charge is 2.39. The molecule has 1 aromatic rings. The lowest BCUT2D eigenvalue weighted by atomic mass is 9.85. The molecule has 0 N–H and O–H groups in total. The van der Waals surface area contributed by atoms with Crippen LogP contribution in [0.25, 0.3) is 0 Å². The normalized spacial score (nSPS) is 22.5. The molecule has 1 saturated heterocycles. The Balaban J connectivity index is 1.72. The molecule has 144 valence electrons. The van der Waals surface area contributed by atoms with Gasteiger partial charge in [0.15, 0.2) is 11.6 Å². The van der Waals surface area contributed by atoms with E-state index in [0.717, 1.165) is 41.0 Å². The van der Waals surface area contributed by atoms with Crippen LogP contribution in [0.1, 0.15) is 47.9 Å². The van der Waals surface area contributed by atoms with Crippen molar-refractivity contribution >= 4 is 28.6 Å². The molecule has 1 heterocycles. The van der Waals surface area contributed by atoms with E-state index in [1.807, 2.05) is 44.7 Å². The number of ketones is 2. The molecular formula is C22H27NO3S. The number of aryl methyl sites for hydroxylation is 3. The monoisotopic (exact) mass is 385 g/mol. The molecule has 27 heavy (non-hydrogen) atoms. The Morgan fingerprint density at radius 1 is 1.19 bits per heavy atom. The summed E-state index contributed by atoms with van der Waals surface area (Å²) in [5.74, 6) is 0.193. The number of thioether (sulfide) groups is 1. The minimum atomic E-state index is -0.685. The van der Waals surface area contributed by atoms with Crippen LogP contribution in [-0.2, 0) is 9.59 Å². The highest BCUT2D eigenvalue weighted by molar-refractivity contribution is 8.13. The van der Waals surface area contributed by atoms with Crippen molar-refractivity contribution in [1.82, 2.24) is 4.90 Å². The molecule has 2 unspecified atom stereocenters. The standard InChI is InChI=1S/C22H27NO3S/c1-5-27-22(26)23-7-6-16(12-23)10-17-11-18(24)20(21(17)25)19-14(3)8-13(2)9-15(19)4/h8-9,11,16,20H,5-7,10,12H2,1-4H3. The van der Waals surface area contributed by atoms with Gasteiger partial charge in [-0.05, 0) is 68.0 Å². The highest BCUT2D eigenvalue weighted by Crippen LogP contribution is 2.36. The van der Waals surface area contributed by atoms with Gasteiger partial charge in [-0.15, -0.1) is 0 Å². The number of amides is 1. The van der Waals surface area contributed by atoms with E-state index in [4.69, 9.17) is 0 Å². The molecule has 2 aliphatic rings. The van der Waals surface area contributed by atoms with Gasteiger partial charge >= 0.3 is 0 Å². The molecule has 1 aliphatic carbocycles. The third-order valence-electron chi connectivity index (χ3n) is 5.53. The maximum Gasteiger partial charge on any atom is 0.281 e. The molecule has 1 fully saturated rings. The van der Waals surface area contributed by atoms with Gasteiger partial charge < -0.3 is 4.90 Å². The lowest BCUT2D eigenvalue weighted by Gasteiger charge is -2.17. The van der Waals surface area contributed by atoms with Crippen LogP contribution in [-0.4, -0.2) is 40.5 Å². The van der Waals surface area contributed by atoms with Gasteiger partial charge in [0, 0.05) is 18.7 Å². The van der Waals surface area contributed by atoms with Crippen LogP contribution >= 0.6 is 11.8 Å². The van der Waals surface area contributed by atoms with Gasteiger partial charge in [-0.2, -0.15) is 0 Å². The predicted molar refractivity (Wildman–Crippen MR) is 109 cm³/mol. The Morgan fingerprint density at radius 2 is 1.85 bits per heavy atom. The average Bonchev–Trinajstić information content (AvgIpc) is 3.15. The highest BCUT2D eigenvalue weighted by atomic mass is 32.2. The van der Waals surface area contributed by atoms with Crippen LogP contribution in [0.5, 0.6) is 0 Å². The summed E-state index contributed by atoms with van der Waals surface area (Å²) in [5, 5.41) is 0.117. The summed E-state index contributed by atoms with van der Waals surface area (Å²) < 4.78 is 0. The van der Waals surface area contributed by atoms with E-state index in [9.17, 15) is 14.4 Å². The average molecular weight is 386 g/mol. The lowest BCUT2D eigenvalue weighted by molar-refractivity contribution is -0.123. The first-order valence-corrected chi connectivity index (χ1v) is 10.6. The van der Waals surface area contributed by atoms with Crippen molar-refractivity contribution in [3.05, 3.63) is 46.0 Å². The summed E-state index contributed by atoms with van der Waals surface area (Å²) in [6, 6.07) is 4.07. The van der Waals surface area contributed by atoms with Gasteiger partial charge in [0.1, 0.15) is 5.92 Å². The van der Waals surface area contributed by atoms with Crippen LogP contribution in [0.2, 0.25) is 0 Å². The molecule has 4 nitrogen and oxygen atoms in total. The first kappa shape index (κ1) is 19.9. The first-order chi connectivity index (χ1) is 12.8. The maximum atomic E-state index is 13.0. The molecular weight excluding hydrogens is 358 g/mol. The fraction of sp³-hybridized carbons (Fsp3) is 0.500. The molecule has 1 aliphatic heterocycles. The van der Waals surface area contributed by atoms with Crippen LogP contribution in [0.3, 0.4) is 0 Å². The van der Waals surface area contributed by atoms with E-state index in [1.165, 1.54) is 11.8 Å². The molecule has 0 radical (unpaired) electrons. The zero-order valence-electron chi connectivity index (χ0n) is 16.5. The molecule has 0 bridgehead atoms. The Labute approximate surface area is 165 Å². The molecule has 1 aromatic carbocycles. The number of nitrogens with zero attached hydrogens (tertiary/aromatic N) is 1. The van der Waals surface area contributed by atoms with Crippen LogP contribution < -0.4 is 0 Å². The minimum absolute atomic E-state index is 0.0530. The van der Waals surface area contributed by atoms with Gasteiger partial charge in [0.05, 0.1) is 0 Å². The van der Waals surface area contributed by atoms with Crippen molar-refractivity contribution in [3.8, 4) is 0 Å². The number of rotatable bonds is 4. The summed E-state index contributed by atoms with van der Waals surface area (Å²) in [6.07, 6.45) is 3.03. The maximum absolute atomic E-state index is 13.0. The Kier molecular flexibility index (Phi) is 5.89. The molecule has 5 heteroatoms. The number of Topliss-reactive ketones (excluding diaryl/α,β-unsaturated/α-hetero) is 1.